The van der Waals surface area contributed by atoms with Crippen LogP contribution in [-0.2, 0) is 9.36 Å². The van der Waals surface area contributed by atoms with Crippen molar-refractivity contribution >= 4 is 13.5 Å². The van der Waals surface area contributed by atoms with E-state index in [-0.39, 0.29) is 23.0 Å². The Balaban J connectivity index is 2.34. The highest BCUT2D eigenvalue weighted by Crippen LogP contribution is 2.51. The van der Waals surface area contributed by atoms with Crippen LogP contribution < -0.4 is 23.8 Å². The van der Waals surface area contributed by atoms with E-state index in [1.54, 1.807) is 24.3 Å². The van der Waals surface area contributed by atoms with E-state index < -0.39 is 26.0 Å². The van der Waals surface area contributed by atoms with Gasteiger partial charge in [0.2, 0.25) is 0 Å². The summed E-state index contributed by atoms with van der Waals surface area (Å²) in [5, 5.41) is 1.52. The molecule has 0 fully saturated rings. The molecule has 0 aliphatic heterocycles. The predicted molar refractivity (Wildman–Crippen MR) is 93.9 cm³/mol. The van der Waals surface area contributed by atoms with Gasteiger partial charge in [-0.25, -0.2) is 4.57 Å². The Hall–Kier alpha value is -2.87. The van der Waals surface area contributed by atoms with Crippen molar-refractivity contribution in [1.29, 1.82) is 0 Å². The van der Waals surface area contributed by atoms with E-state index in [4.69, 9.17) is 18.5 Å². The number of methoxy groups -OCH3 is 2. The number of benzene rings is 2. The van der Waals surface area contributed by atoms with Crippen molar-refractivity contribution in [2.45, 2.75) is 6.18 Å². The summed E-state index contributed by atoms with van der Waals surface area (Å²) in [4.78, 5) is 11.1. The minimum absolute atomic E-state index is 0.0375. The molecule has 0 radical (unpaired) electrons. The summed E-state index contributed by atoms with van der Waals surface area (Å²) in [6.07, 6.45) is -6.19. The van der Waals surface area contributed by atoms with Crippen LogP contribution in [0.1, 0.15) is 0 Å². The average molecular weight is 419 g/mol. The van der Waals surface area contributed by atoms with Crippen molar-refractivity contribution in [3.63, 3.8) is 0 Å². The van der Waals surface area contributed by atoms with Crippen LogP contribution in [0.5, 0.6) is 23.0 Å². The van der Waals surface area contributed by atoms with Gasteiger partial charge in [0.05, 0.1) is 14.2 Å². The number of ether oxygens (including phenoxy) is 2. The van der Waals surface area contributed by atoms with Gasteiger partial charge in [-0.1, -0.05) is 24.3 Å². The van der Waals surface area contributed by atoms with Gasteiger partial charge in [0.15, 0.2) is 23.0 Å². The van der Waals surface area contributed by atoms with E-state index in [0.717, 1.165) is 0 Å². The van der Waals surface area contributed by atoms with Gasteiger partial charge in [-0.3, -0.25) is 4.79 Å². The molecule has 7 nitrogen and oxygen atoms in total. The first kappa shape index (κ1) is 21.4. The molecule has 2 aromatic carbocycles. The Kier molecular flexibility index (Phi) is 6.80. The van der Waals surface area contributed by atoms with Gasteiger partial charge in [0, 0.05) is 0 Å². The second-order valence-electron chi connectivity index (χ2n) is 5.26. The monoisotopic (exact) mass is 419 g/mol. The highest BCUT2D eigenvalue weighted by Gasteiger charge is 2.41. The van der Waals surface area contributed by atoms with Crippen LogP contribution in [0.15, 0.2) is 48.5 Å². The quantitative estimate of drug-likeness (QED) is 0.652. The van der Waals surface area contributed by atoms with E-state index in [2.05, 4.69) is 0 Å². The minimum Gasteiger partial charge on any atom is -0.493 e. The molecule has 11 heteroatoms. The number of halogens is 3. The topological polar surface area (TPSA) is 83.1 Å². The molecular formula is C17H17F3NO6P. The largest absolute Gasteiger partial charge is 0.493 e. The first-order valence-corrected chi connectivity index (χ1v) is 9.50. The number of alkyl halides is 3. The normalized spacial score (nSPS) is 11.5. The summed E-state index contributed by atoms with van der Waals surface area (Å²) >= 11 is 0. The first-order chi connectivity index (χ1) is 13.2. The number of carbonyl (C=O) groups excluding carboxylic acids is 1. The number of hydrogen-bond donors (Lipinski definition) is 1. The van der Waals surface area contributed by atoms with Crippen LogP contribution >= 0.6 is 7.60 Å². The molecule has 0 unspecified atom stereocenters. The molecule has 0 spiro atoms. The molecule has 0 heterocycles. The van der Waals surface area contributed by atoms with E-state index in [1.807, 2.05) is 0 Å². The molecule has 1 N–H and O–H groups in total. The van der Waals surface area contributed by atoms with Gasteiger partial charge in [-0.05, 0) is 24.3 Å². The van der Waals surface area contributed by atoms with Gasteiger partial charge >= 0.3 is 19.7 Å². The lowest BCUT2D eigenvalue weighted by Crippen LogP contribution is -2.38. The second kappa shape index (κ2) is 8.88. The summed E-state index contributed by atoms with van der Waals surface area (Å²) in [7, 11) is -1.69. The maximum absolute atomic E-state index is 13.2. The van der Waals surface area contributed by atoms with Gasteiger partial charge in [0.1, 0.15) is 6.29 Å². The van der Waals surface area contributed by atoms with Crippen LogP contribution in [0.3, 0.4) is 0 Å². The molecule has 0 bridgehead atoms. The lowest BCUT2D eigenvalue weighted by Gasteiger charge is -2.22. The van der Waals surface area contributed by atoms with E-state index in [9.17, 15) is 22.5 Å². The molecule has 0 saturated heterocycles. The van der Waals surface area contributed by atoms with Crippen LogP contribution in [0.4, 0.5) is 13.2 Å². The van der Waals surface area contributed by atoms with Crippen molar-refractivity contribution in [3.05, 3.63) is 48.5 Å². The standard InChI is InChI=1S/C17H17F3NO6P/c1-24-12-7-3-5-9-14(12)26-28(23,11-21-16(22)17(18,19)20)27-15-10-6-4-8-13(15)25-2/h3-10H,11H2,1-2H3,(H,21,22). The molecule has 2 rings (SSSR count). The lowest BCUT2D eigenvalue weighted by atomic mass is 10.3. The smallest absolute Gasteiger partial charge is 0.471 e. The fourth-order valence-corrected chi connectivity index (χ4v) is 3.44. The molecule has 2 aromatic rings. The fourth-order valence-electron chi connectivity index (χ4n) is 2.04. The SMILES string of the molecule is COc1ccccc1OP(=O)(CNC(=O)C(F)(F)F)Oc1ccccc1OC. The van der Waals surface area contributed by atoms with E-state index in [0.29, 0.717) is 0 Å². The number of carbonyl (C=O) groups is 1. The Morgan fingerprint density at radius 3 is 1.64 bits per heavy atom. The maximum Gasteiger partial charge on any atom is 0.471 e. The highest BCUT2D eigenvalue weighted by atomic mass is 31.2. The molecule has 1 amide bonds. The summed E-state index contributed by atoms with van der Waals surface area (Å²) in [5.74, 6) is -2.00. The molecule has 0 aliphatic carbocycles. The number of para-hydroxylation sites is 4. The predicted octanol–water partition coefficient (Wildman–Crippen LogP) is 3.99. The maximum atomic E-state index is 13.2. The Labute approximate surface area is 158 Å². The molecule has 28 heavy (non-hydrogen) atoms. The molecule has 152 valence electrons. The Morgan fingerprint density at radius 2 is 1.29 bits per heavy atom. The van der Waals surface area contributed by atoms with Crippen molar-refractivity contribution in [1.82, 2.24) is 5.32 Å². The van der Waals surface area contributed by atoms with Crippen molar-refractivity contribution in [3.8, 4) is 23.0 Å². The third-order valence-corrected chi connectivity index (χ3v) is 4.80. The van der Waals surface area contributed by atoms with Crippen molar-refractivity contribution < 1.29 is 41.1 Å². The van der Waals surface area contributed by atoms with Gasteiger partial charge < -0.3 is 23.8 Å². The third-order valence-electron chi connectivity index (χ3n) is 3.30. The van der Waals surface area contributed by atoms with Crippen LogP contribution in [-0.4, -0.2) is 32.6 Å². The van der Waals surface area contributed by atoms with Gasteiger partial charge in [-0.2, -0.15) is 13.2 Å². The number of nitrogens with one attached hydrogen (secondary N) is 1. The van der Waals surface area contributed by atoms with Crippen LogP contribution in [0, 0.1) is 0 Å². The summed E-state index contributed by atoms with van der Waals surface area (Å²) < 4.78 is 71.5. The summed E-state index contributed by atoms with van der Waals surface area (Å²) in [6.45, 7) is 0. The zero-order valence-electron chi connectivity index (χ0n) is 14.9. The van der Waals surface area contributed by atoms with E-state index in [1.165, 1.54) is 43.8 Å². The number of hydrogen-bond acceptors (Lipinski definition) is 6. The molecule has 0 saturated carbocycles. The van der Waals surface area contributed by atoms with E-state index >= 15 is 0 Å². The van der Waals surface area contributed by atoms with Gasteiger partial charge in [-0.15, -0.1) is 0 Å². The minimum atomic E-state index is -5.15. The zero-order chi connectivity index (χ0) is 20.8. The third kappa shape index (κ3) is 5.56. The number of amides is 1. The van der Waals surface area contributed by atoms with Crippen LogP contribution in [0.25, 0.3) is 0 Å². The molecule has 0 aliphatic rings. The number of rotatable bonds is 8. The molecular weight excluding hydrogens is 402 g/mol. The zero-order valence-corrected chi connectivity index (χ0v) is 15.8. The fraction of sp³-hybridized carbons (Fsp3) is 0.235. The second-order valence-corrected chi connectivity index (χ2v) is 7.16. The molecule has 0 atom stereocenters. The Bertz CT molecular complexity index is 820. The van der Waals surface area contributed by atoms with Crippen molar-refractivity contribution in [2.24, 2.45) is 0 Å². The summed E-state index contributed by atoms with van der Waals surface area (Å²) in [5.41, 5.74) is 0. The first-order valence-electron chi connectivity index (χ1n) is 7.78. The average Bonchev–Trinajstić information content (AvgIpc) is 2.66. The van der Waals surface area contributed by atoms with Crippen molar-refractivity contribution in [2.75, 3.05) is 20.5 Å². The highest BCUT2D eigenvalue weighted by molar-refractivity contribution is 7.54. The van der Waals surface area contributed by atoms with Gasteiger partial charge in [0.25, 0.3) is 0 Å². The Morgan fingerprint density at radius 1 is 0.893 bits per heavy atom. The molecule has 0 aromatic heterocycles. The summed E-state index contributed by atoms with van der Waals surface area (Å²) in [6, 6.07) is 12.1. The van der Waals surface area contributed by atoms with Crippen LogP contribution in [0.2, 0.25) is 0 Å². The lowest BCUT2D eigenvalue weighted by molar-refractivity contribution is -0.173.